The molecule has 1 aliphatic carbocycles. The molecule has 2 rings (SSSR count). The van der Waals surface area contributed by atoms with Crippen LogP contribution in [0.5, 0.6) is 0 Å². The fraction of sp³-hybridized carbons (Fsp3) is 0.667. The van der Waals surface area contributed by atoms with Gasteiger partial charge in [-0.25, -0.2) is 4.98 Å². The van der Waals surface area contributed by atoms with Crippen LogP contribution in [0.15, 0.2) is 0 Å². The molecule has 4 nitrogen and oxygen atoms in total. The van der Waals surface area contributed by atoms with Gasteiger partial charge in [-0.3, -0.25) is 0 Å². The van der Waals surface area contributed by atoms with Crippen LogP contribution in [0.3, 0.4) is 0 Å². The third-order valence-electron chi connectivity index (χ3n) is 2.63. The predicted octanol–water partition coefficient (Wildman–Crippen LogP) is 2.24. The summed E-state index contributed by atoms with van der Waals surface area (Å²) < 4.78 is 4.18. The van der Waals surface area contributed by atoms with Crippen molar-refractivity contribution in [2.75, 3.05) is 5.32 Å². The number of anilines is 1. The zero-order valence-corrected chi connectivity index (χ0v) is 10.0. The van der Waals surface area contributed by atoms with E-state index in [1.807, 2.05) is 0 Å². The second-order valence-corrected chi connectivity index (χ2v) is 5.00. The van der Waals surface area contributed by atoms with E-state index < -0.39 is 0 Å². The molecule has 82 valence electrons. The topological polar surface area (TPSA) is 63.8 Å². The fourth-order valence-corrected chi connectivity index (χ4v) is 2.78. The van der Waals surface area contributed by atoms with Gasteiger partial charge in [-0.2, -0.15) is 4.37 Å². The summed E-state index contributed by atoms with van der Waals surface area (Å²) in [5.74, 6) is 1.14. The molecule has 1 heterocycles. The Morgan fingerprint density at radius 1 is 1.40 bits per heavy atom. The molecular formula is C9H14N4S2. The summed E-state index contributed by atoms with van der Waals surface area (Å²) in [7, 11) is 0. The van der Waals surface area contributed by atoms with Gasteiger partial charge in [0.25, 0.3) is 0 Å². The monoisotopic (exact) mass is 242 g/mol. The highest BCUT2D eigenvalue weighted by Gasteiger charge is 2.19. The Hall–Kier alpha value is -0.750. The minimum Gasteiger partial charge on any atom is -0.376 e. The van der Waals surface area contributed by atoms with Gasteiger partial charge in [0.2, 0.25) is 5.95 Å². The molecule has 15 heavy (non-hydrogen) atoms. The Morgan fingerprint density at radius 2 is 2.13 bits per heavy atom. The molecule has 0 amide bonds. The van der Waals surface area contributed by atoms with Crippen LogP contribution in [0.1, 0.15) is 43.0 Å². The molecule has 0 aliphatic heterocycles. The van der Waals surface area contributed by atoms with E-state index >= 15 is 0 Å². The van der Waals surface area contributed by atoms with Gasteiger partial charge >= 0.3 is 0 Å². The first kappa shape index (κ1) is 10.8. The summed E-state index contributed by atoms with van der Waals surface area (Å²) in [5.41, 5.74) is 5.36. The van der Waals surface area contributed by atoms with Crippen molar-refractivity contribution in [1.29, 1.82) is 0 Å². The average molecular weight is 242 g/mol. The number of aromatic nitrogens is 2. The second-order valence-electron chi connectivity index (χ2n) is 3.78. The van der Waals surface area contributed by atoms with Crippen molar-refractivity contribution < 1.29 is 0 Å². The maximum Gasteiger partial charge on any atom is 0.241 e. The van der Waals surface area contributed by atoms with Crippen molar-refractivity contribution in [3.8, 4) is 0 Å². The zero-order valence-electron chi connectivity index (χ0n) is 8.40. The third kappa shape index (κ3) is 2.85. The minimum atomic E-state index is 0.225. The van der Waals surface area contributed by atoms with Gasteiger partial charge < -0.3 is 11.1 Å². The Kier molecular flexibility index (Phi) is 3.48. The Bertz CT molecular complexity index is 344. The summed E-state index contributed by atoms with van der Waals surface area (Å²) in [6.07, 6.45) is 6.45. The molecule has 0 atom stereocenters. The Balaban J connectivity index is 2.02. The molecule has 3 N–H and O–H groups in total. The molecule has 1 aromatic heterocycles. The molecule has 0 spiro atoms. The maximum atomic E-state index is 5.36. The van der Waals surface area contributed by atoms with Crippen molar-refractivity contribution in [2.24, 2.45) is 5.73 Å². The van der Waals surface area contributed by atoms with Gasteiger partial charge in [-0.15, -0.1) is 0 Å². The van der Waals surface area contributed by atoms with E-state index in [2.05, 4.69) is 14.7 Å². The van der Waals surface area contributed by atoms with Crippen LogP contribution >= 0.6 is 23.8 Å². The molecule has 0 radical (unpaired) electrons. The third-order valence-corrected chi connectivity index (χ3v) is 3.61. The molecule has 0 saturated heterocycles. The van der Waals surface area contributed by atoms with Gasteiger partial charge in [0.1, 0.15) is 5.01 Å². The maximum absolute atomic E-state index is 5.36. The second kappa shape index (κ2) is 4.85. The smallest absolute Gasteiger partial charge is 0.241 e. The Labute approximate surface area is 98.4 Å². The highest BCUT2D eigenvalue weighted by atomic mass is 32.1. The van der Waals surface area contributed by atoms with Crippen LogP contribution in [-0.2, 0) is 0 Å². The molecule has 0 bridgehead atoms. The number of nitrogens with two attached hydrogens (primary N) is 1. The van der Waals surface area contributed by atoms with Crippen LogP contribution in [0.2, 0.25) is 0 Å². The Morgan fingerprint density at radius 3 is 2.80 bits per heavy atom. The van der Waals surface area contributed by atoms with Crippen LogP contribution in [0, 0.1) is 0 Å². The van der Waals surface area contributed by atoms with Crippen LogP contribution in [-0.4, -0.2) is 14.5 Å². The molecule has 1 aliphatic rings. The summed E-state index contributed by atoms with van der Waals surface area (Å²) in [5, 5.41) is 4.11. The number of hydrogen-bond donors (Lipinski definition) is 2. The van der Waals surface area contributed by atoms with Crippen LogP contribution in [0.25, 0.3) is 0 Å². The lowest BCUT2D eigenvalue weighted by molar-refractivity contribution is 0.442. The van der Waals surface area contributed by atoms with E-state index in [4.69, 9.17) is 18.0 Å². The summed E-state index contributed by atoms with van der Waals surface area (Å²) in [6.45, 7) is 0. The standard InChI is InChI=1S/C9H14N4S2/c10-8(14)12-9-11-7(15-13-9)6-4-2-1-3-5-6/h6H,1-5H2,(H3,10,12,13,14). The largest absolute Gasteiger partial charge is 0.376 e. The van der Waals surface area contributed by atoms with Gasteiger partial charge in [0, 0.05) is 5.92 Å². The molecule has 1 saturated carbocycles. The minimum absolute atomic E-state index is 0.225. The van der Waals surface area contributed by atoms with E-state index in [1.54, 1.807) is 0 Å². The molecular weight excluding hydrogens is 228 g/mol. The molecule has 1 fully saturated rings. The van der Waals surface area contributed by atoms with E-state index in [-0.39, 0.29) is 5.11 Å². The lowest BCUT2D eigenvalue weighted by Gasteiger charge is -2.18. The first-order chi connectivity index (χ1) is 7.25. The fourth-order valence-electron chi connectivity index (χ4n) is 1.91. The number of rotatable bonds is 2. The van der Waals surface area contributed by atoms with Gasteiger partial charge in [-0.1, -0.05) is 19.3 Å². The quantitative estimate of drug-likeness (QED) is 0.779. The lowest BCUT2D eigenvalue weighted by Crippen LogP contribution is -2.19. The first-order valence-electron chi connectivity index (χ1n) is 5.16. The highest BCUT2D eigenvalue weighted by molar-refractivity contribution is 7.80. The summed E-state index contributed by atoms with van der Waals surface area (Å²) in [4.78, 5) is 4.40. The van der Waals surface area contributed by atoms with Crippen molar-refractivity contribution in [3.05, 3.63) is 5.01 Å². The van der Waals surface area contributed by atoms with Gasteiger partial charge in [0.05, 0.1) is 0 Å². The van der Waals surface area contributed by atoms with Crippen molar-refractivity contribution >= 4 is 34.8 Å². The SMILES string of the molecule is NC(=S)Nc1nsc(C2CCCCC2)n1. The normalized spacial score (nSPS) is 17.6. The molecule has 1 aromatic rings. The molecule has 6 heteroatoms. The highest BCUT2D eigenvalue weighted by Crippen LogP contribution is 2.33. The number of hydrogen-bond acceptors (Lipinski definition) is 4. The van der Waals surface area contributed by atoms with E-state index in [0.29, 0.717) is 11.9 Å². The van der Waals surface area contributed by atoms with Crippen molar-refractivity contribution in [1.82, 2.24) is 9.36 Å². The van der Waals surface area contributed by atoms with E-state index in [0.717, 1.165) is 5.01 Å². The van der Waals surface area contributed by atoms with Crippen LogP contribution < -0.4 is 11.1 Å². The zero-order chi connectivity index (χ0) is 10.7. The van der Waals surface area contributed by atoms with Gasteiger partial charge in [0.15, 0.2) is 5.11 Å². The average Bonchev–Trinajstić information content (AvgIpc) is 2.67. The van der Waals surface area contributed by atoms with E-state index in [1.165, 1.54) is 43.6 Å². The molecule has 0 unspecified atom stereocenters. The summed E-state index contributed by atoms with van der Waals surface area (Å²) >= 11 is 6.19. The number of thiocarbonyl (C=S) groups is 1. The first-order valence-corrected chi connectivity index (χ1v) is 6.34. The summed E-state index contributed by atoms with van der Waals surface area (Å²) in [6, 6.07) is 0. The van der Waals surface area contributed by atoms with Crippen molar-refractivity contribution in [2.45, 2.75) is 38.0 Å². The lowest BCUT2D eigenvalue weighted by atomic mass is 9.90. The number of nitrogens with one attached hydrogen (secondary N) is 1. The molecule has 0 aromatic carbocycles. The van der Waals surface area contributed by atoms with Crippen molar-refractivity contribution in [3.63, 3.8) is 0 Å². The van der Waals surface area contributed by atoms with E-state index in [9.17, 15) is 0 Å². The van der Waals surface area contributed by atoms with Gasteiger partial charge in [-0.05, 0) is 36.6 Å². The predicted molar refractivity (Wildman–Crippen MR) is 66.1 cm³/mol. The van der Waals surface area contributed by atoms with Crippen LogP contribution in [0.4, 0.5) is 5.95 Å². The number of nitrogens with zero attached hydrogens (tertiary/aromatic N) is 2.